The van der Waals surface area contributed by atoms with E-state index in [1.54, 1.807) is 0 Å². The van der Waals surface area contributed by atoms with Crippen molar-refractivity contribution in [3.05, 3.63) is 0 Å². The number of rotatable bonds is 9. The fourth-order valence-corrected chi connectivity index (χ4v) is 4.52. The molecular formula is C20H36N2O2. The maximum absolute atomic E-state index is 13.7. The Balaban J connectivity index is 2.32. The Kier molecular flexibility index (Phi) is 6.99. The number of carbonyl (C=O) groups excluding carboxylic acids is 2. The van der Waals surface area contributed by atoms with Crippen LogP contribution in [0.4, 0.5) is 0 Å². The molecule has 0 saturated carbocycles. The third-order valence-corrected chi connectivity index (χ3v) is 5.59. The maximum atomic E-state index is 13.7. The molecule has 0 radical (unpaired) electrons. The van der Waals surface area contributed by atoms with Gasteiger partial charge in [0.2, 0.25) is 0 Å². The van der Waals surface area contributed by atoms with E-state index < -0.39 is 5.54 Å². The van der Waals surface area contributed by atoms with Crippen LogP contribution in [0.5, 0.6) is 0 Å². The van der Waals surface area contributed by atoms with Crippen molar-refractivity contribution in [3.63, 3.8) is 0 Å². The van der Waals surface area contributed by atoms with E-state index in [0.29, 0.717) is 18.3 Å². The van der Waals surface area contributed by atoms with Crippen LogP contribution < -0.4 is 0 Å². The van der Waals surface area contributed by atoms with Gasteiger partial charge in [0.1, 0.15) is 11.8 Å². The molecule has 4 heteroatoms. The predicted octanol–water partition coefficient (Wildman–Crippen LogP) is 3.15. The lowest BCUT2D eigenvalue weighted by Crippen LogP contribution is -2.61. The number of likely N-dealkylation sites (tertiary alicyclic amines) is 2. The SMILES string of the molecule is CC(C)CC(C(=O)[C@](C=O)(CC(C)C)N1CCCC1)N1CCCC1. The quantitative estimate of drug-likeness (QED) is 0.479. The minimum Gasteiger partial charge on any atom is -0.301 e. The zero-order valence-electron chi connectivity index (χ0n) is 16.1. The smallest absolute Gasteiger partial charge is 0.177 e. The first kappa shape index (κ1) is 19.6. The number of aldehydes is 1. The van der Waals surface area contributed by atoms with Gasteiger partial charge in [-0.15, -0.1) is 0 Å². The molecule has 2 fully saturated rings. The topological polar surface area (TPSA) is 40.6 Å². The van der Waals surface area contributed by atoms with E-state index in [-0.39, 0.29) is 11.8 Å². The number of carbonyl (C=O) groups is 2. The molecule has 24 heavy (non-hydrogen) atoms. The van der Waals surface area contributed by atoms with Crippen LogP contribution in [-0.4, -0.2) is 59.6 Å². The average Bonchev–Trinajstić information content (AvgIpc) is 3.21. The first-order chi connectivity index (χ1) is 11.4. The summed E-state index contributed by atoms with van der Waals surface area (Å²) in [5, 5.41) is 0. The fourth-order valence-electron chi connectivity index (χ4n) is 4.52. The minimum absolute atomic E-state index is 0.1000. The highest BCUT2D eigenvalue weighted by molar-refractivity contribution is 6.05. The molecular weight excluding hydrogens is 300 g/mol. The zero-order chi connectivity index (χ0) is 17.7. The van der Waals surface area contributed by atoms with Crippen molar-refractivity contribution < 1.29 is 9.59 Å². The number of Topliss-reactive ketones (excluding diaryl/α,β-unsaturated/α-hetero) is 1. The van der Waals surface area contributed by atoms with E-state index in [2.05, 4.69) is 37.5 Å². The predicted molar refractivity (Wildman–Crippen MR) is 98.1 cm³/mol. The van der Waals surface area contributed by atoms with Crippen molar-refractivity contribution in [3.8, 4) is 0 Å². The first-order valence-corrected chi connectivity index (χ1v) is 9.90. The van der Waals surface area contributed by atoms with Crippen molar-refractivity contribution in [1.82, 2.24) is 9.80 Å². The third kappa shape index (κ3) is 4.26. The average molecular weight is 337 g/mol. The van der Waals surface area contributed by atoms with Crippen molar-refractivity contribution in [2.75, 3.05) is 26.2 Å². The Hall–Kier alpha value is -0.740. The summed E-state index contributed by atoms with van der Waals surface area (Å²) in [4.78, 5) is 30.6. The molecule has 2 aliphatic heterocycles. The minimum atomic E-state index is -0.910. The summed E-state index contributed by atoms with van der Waals surface area (Å²) in [7, 11) is 0. The summed E-state index contributed by atoms with van der Waals surface area (Å²) in [6, 6.07) is -0.1000. The number of ketones is 1. The van der Waals surface area contributed by atoms with Crippen molar-refractivity contribution in [1.29, 1.82) is 0 Å². The number of hydrogen-bond acceptors (Lipinski definition) is 4. The van der Waals surface area contributed by atoms with Crippen LogP contribution >= 0.6 is 0 Å². The van der Waals surface area contributed by atoms with Crippen LogP contribution in [0.15, 0.2) is 0 Å². The Morgan fingerprint density at radius 2 is 1.50 bits per heavy atom. The second-order valence-electron chi connectivity index (χ2n) is 8.59. The van der Waals surface area contributed by atoms with Gasteiger partial charge in [-0.05, 0) is 76.5 Å². The molecule has 0 amide bonds. The summed E-state index contributed by atoms with van der Waals surface area (Å²) in [6.45, 7) is 12.4. The molecule has 0 aromatic carbocycles. The van der Waals surface area contributed by atoms with Gasteiger partial charge in [-0.3, -0.25) is 14.6 Å². The van der Waals surface area contributed by atoms with Crippen molar-refractivity contribution in [2.45, 2.75) is 77.8 Å². The van der Waals surface area contributed by atoms with E-state index in [9.17, 15) is 9.59 Å². The molecule has 1 unspecified atom stereocenters. The van der Waals surface area contributed by atoms with Gasteiger partial charge in [-0.25, -0.2) is 0 Å². The standard InChI is InChI=1S/C20H36N2O2/c1-16(2)13-18(21-9-5-6-10-21)19(24)20(15-23,14-17(3)4)22-11-7-8-12-22/h15-18H,5-14H2,1-4H3/t18?,20-/m1/s1. The molecule has 2 saturated heterocycles. The van der Waals surface area contributed by atoms with Crippen LogP contribution in [0.1, 0.15) is 66.2 Å². The highest BCUT2D eigenvalue weighted by Gasteiger charge is 2.49. The maximum Gasteiger partial charge on any atom is 0.177 e. The summed E-state index contributed by atoms with van der Waals surface area (Å²) in [5.41, 5.74) is -0.910. The van der Waals surface area contributed by atoms with Crippen molar-refractivity contribution >= 4 is 12.1 Å². The van der Waals surface area contributed by atoms with E-state index in [0.717, 1.165) is 51.7 Å². The Labute approximate surface area is 148 Å². The second-order valence-corrected chi connectivity index (χ2v) is 8.59. The monoisotopic (exact) mass is 336 g/mol. The summed E-state index contributed by atoms with van der Waals surface area (Å²) < 4.78 is 0. The molecule has 0 N–H and O–H groups in total. The molecule has 0 aromatic rings. The zero-order valence-corrected chi connectivity index (χ0v) is 16.1. The Morgan fingerprint density at radius 3 is 1.96 bits per heavy atom. The van der Waals surface area contributed by atoms with Gasteiger partial charge >= 0.3 is 0 Å². The molecule has 2 aliphatic rings. The fraction of sp³-hybridized carbons (Fsp3) is 0.900. The molecule has 0 aromatic heterocycles. The van der Waals surface area contributed by atoms with Gasteiger partial charge in [0.25, 0.3) is 0 Å². The van der Waals surface area contributed by atoms with E-state index in [1.807, 2.05) is 0 Å². The largest absolute Gasteiger partial charge is 0.301 e. The van der Waals surface area contributed by atoms with Gasteiger partial charge in [0.15, 0.2) is 5.78 Å². The molecule has 0 bridgehead atoms. The lowest BCUT2D eigenvalue weighted by molar-refractivity contribution is -0.142. The number of hydrogen-bond donors (Lipinski definition) is 0. The molecule has 4 nitrogen and oxygen atoms in total. The molecule has 138 valence electrons. The van der Waals surface area contributed by atoms with Crippen LogP contribution in [0.25, 0.3) is 0 Å². The highest BCUT2D eigenvalue weighted by Crippen LogP contribution is 2.32. The highest BCUT2D eigenvalue weighted by atomic mass is 16.2. The Bertz CT molecular complexity index is 423. The third-order valence-electron chi connectivity index (χ3n) is 5.59. The van der Waals surface area contributed by atoms with Gasteiger partial charge in [-0.2, -0.15) is 0 Å². The lowest BCUT2D eigenvalue weighted by Gasteiger charge is -2.41. The first-order valence-electron chi connectivity index (χ1n) is 9.90. The molecule has 0 aliphatic carbocycles. The molecule has 2 atom stereocenters. The number of nitrogens with zero attached hydrogens (tertiary/aromatic N) is 2. The van der Waals surface area contributed by atoms with E-state index in [4.69, 9.17) is 0 Å². The van der Waals surface area contributed by atoms with Crippen LogP contribution in [0, 0.1) is 11.8 Å². The van der Waals surface area contributed by atoms with Gasteiger partial charge < -0.3 is 4.79 Å². The van der Waals surface area contributed by atoms with Gasteiger partial charge in [0, 0.05) is 0 Å². The molecule has 0 spiro atoms. The second kappa shape index (κ2) is 8.57. The van der Waals surface area contributed by atoms with E-state index in [1.165, 1.54) is 12.8 Å². The summed E-state index contributed by atoms with van der Waals surface area (Å²) >= 11 is 0. The van der Waals surface area contributed by atoms with Crippen LogP contribution in [0.2, 0.25) is 0 Å². The molecule has 2 rings (SSSR count). The van der Waals surface area contributed by atoms with Crippen LogP contribution in [0.3, 0.4) is 0 Å². The summed E-state index contributed by atoms with van der Waals surface area (Å²) in [5.74, 6) is 0.961. The van der Waals surface area contributed by atoms with Crippen molar-refractivity contribution in [2.24, 2.45) is 11.8 Å². The normalized spacial score (nSPS) is 23.8. The van der Waals surface area contributed by atoms with E-state index >= 15 is 0 Å². The van der Waals surface area contributed by atoms with Gasteiger partial charge in [-0.1, -0.05) is 27.7 Å². The lowest BCUT2D eigenvalue weighted by atomic mass is 9.79. The molecule has 2 heterocycles. The van der Waals surface area contributed by atoms with Crippen LogP contribution in [-0.2, 0) is 9.59 Å². The Morgan fingerprint density at radius 1 is 0.958 bits per heavy atom. The van der Waals surface area contributed by atoms with Gasteiger partial charge in [0.05, 0.1) is 6.04 Å². The summed E-state index contributed by atoms with van der Waals surface area (Å²) in [6.07, 6.45) is 7.04.